The monoisotopic (exact) mass is 303 g/mol. The molecule has 0 aliphatic carbocycles. The molecule has 0 saturated heterocycles. The number of carbonyl (C=O) groups excluding carboxylic acids is 1. The van der Waals surface area contributed by atoms with Gasteiger partial charge in [0.2, 0.25) is 5.91 Å². The molecule has 1 amide bonds. The van der Waals surface area contributed by atoms with Gasteiger partial charge in [-0.2, -0.15) is 13.2 Å². The van der Waals surface area contributed by atoms with E-state index in [9.17, 15) is 28.1 Å². The Hall–Kier alpha value is -2.32. The highest BCUT2D eigenvalue weighted by Gasteiger charge is 2.27. The fraction of sp³-hybridized carbons (Fsp3) is 0.417. The summed E-state index contributed by atoms with van der Waals surface area (Å²) >= 11 is 0. The third kappa shape index (κ3) is 3.83. The molecule has 0 fully saturated rings. The normalized spacial score (nSPS) is 14.3. The Labute approximate surface area is 117 Å². The number of nitro benzene ring substituents is 1. The number of halogens is 3. The number of fused-ring (bicyclic) bond motifs is 1. The van der Waals surface area contributed by atoms with Gasteiger partial charge in [-0.15, -0.1) is 0 Å². The molecule has 1 aliphatic heterocycles. The Balaban J connectivity index is 2.23. The summed E-state index contributed by atoms with van der Waals surface area (Å²) in [6, 6.07) is 2.59. The summed E-state index contributed by atoms with van der Waals surface area (Å²) in [4.78, 5) is 21.5. The topological polar surface area (TPSA) is 84.3 Å². The van der Waals surface area contributed by atoms with Gasteiger partial charge in [-0.25, -0.2) is 0 Å². The van der Waals surface area contributed by atoms with Crippen molar-refractivity contribution in [2.75, 3.05) is 17.2 Å². The Morgan fingerprint density at radius 1 is 1.33 bits per heavy atom. The number of nitrogens with one attached hydrogen (secondary N) is 2. The average Bonchev–Trinajstić information content (AvgIpc) is 2.36. The molecule has 0 radical (unpaired) electrons. The van der Waals surface area contributed by atoms with Crippen molar-refractivity contribution in [2.45, 2.75) is 25.4 Å². The number of nitro groups is 1. The standard InChI is InChI=1S/C12H12F3N3O3/c13-12(14,15)3-4-16-9-5-7-1-2-11(19)17-8(7)6-10(9)18(20)21/h5-6,16H,1-4H2,(H,17,19). The van der Waals surface area contributed by atoms with Crippen LogP contribution in [-0.4, -0.2) is 23.6 Å². The molecule has 114 valence electrons. The van der Waals surface area contributed by atoms with Crippen LogP contribution in [0.1, 0.15) is 18.4 Å². The number of aryl methyl sites for hydroxylation is 1. The van der Waals surface area contributed by atoms with Crippen LogP contribution >= 0.6 is 0 Å². The number of benzene rings is 1. The molecule has 1 aliphatic rings. The van der Waals surface area contributed by atoms with E-state index < -0.39 is 24.1 Å². The number of rotatable bonds is 4. The van der Waals surface area contributed by atoms with Crippen LogP contribution < -0.4 is 10.6 Å². The number of anilines is 2. The van der Waals surface area contributed by atoms with Crippen LogP contribution in [0.5, 0.6) is 0 Å². The van der Waals surface area contributed by atoms with Gasteiger partial charge in [0.1, 0.15) is 5.69 Å². The highest BCUT2D eigenvalue weighted by molar-refractivity contribution is 5.95. The second-order valence-corrected chi connectivity index (χ2v) is 4.62. The van der Waals surface area contributed by atoms with E-state index in [2.05, 4.69) is 10.6 Å². The molecule has 1 aromatic rings. The van der Waals surface area contributed by atoms with Gasteiger partial charge in [-0.3, -0.25) is 14.9 Å². The average molecular weight is 303 g/mol. The molecule has 6 nitrogen and oxygen atoms in total. The molecule has 21 heavy (non-hydrogen) atoms. The molecule has 0 spiro atoms. The van der Waals surface area contributed by atoms with E-state index in [1.165, 1.54) is 12.1 Å². The van der Waals surface area contributed by atoms with Gasteiger partial charge in [-0.05, 0) is 18.1 Å². The molecule has 0 aromatic heterocycles. The van der Waals surface area contributed by atoms with Crippen LogP contribution in [-0.2, 0) is 11.2 Å². The highest BCUT2D eigenvalue weighted by Crippen LogP contribution is 2.34. The van der Waals surface area contributed by atoms with Crippen LogP contribution in [0, 0.1) is 10.1 Å². The molecule has 0 bridgehead atoms. The first kappa shape index (κ1) is 15.1. The van der Waals surface area contributed by atoms with Gasteiger partial charge in [-0.1, -0.05) is 0 Å². The molecule has 2 N–H and O–H groups in total. The molecule has 0 atom stereocenters. The van der Waals surface area contributed by atoms with Crippen LogP contribution in [0.4, 0.5) is 30.2 Å². The molecule has 0 saturated carbocycles. The fourth-order valence-corrected chi connectivity index (χ4v) is 2.05. The number of alkyl halides is 3. The van der Waals surface area contributed by atoms with Crippen molar-refractivity contribution >= 4 is 23.0 Å². The van der Waals surface area contributed by atoms with Crippen molar-refractivity contribution in [2.24, 2.45) is 0 Å². The minimum Gasteiger partial charge on any atom is -0.379 e. The summed E-state index contributed by atoms with van der Waals surface area (Å²) in [7, 11) is 0. The Morgan fingerprint density at radius 3 is 2.67 bits per heavy atom. The van der Waals surface area contributed by atoms with E-state index in [0.717, 1.165) is 0 Å². The van der Waals surface area contributed by atoms with Crippen LogP contribution in [0.2, 0.25) is 0 Å². The van der Waals surface area contributed by atoms with E-state index in [1.807, 2.05) is 0 Å². The van der Waals surface area contributed by atoms with E-state index in [1.54, 1.807) is 0 Å². The summed E-state index contributed by atoms with van der Waals surface area (Å²) in [5, 5.41) is 15.9. The third-order valence-electron chi connectivity index (χ3n) is 3.04. The molecule has 9 heteroatoms. The Morgan fingerprint density at radius 2 is 2.05 bits per heavy atom. The second-order valence-electron chi connectivity index (χ2n) is 4.62. The van der Waals surface area contributed by atoms with Gasteiger partial charge < -0.3 is 10.6 Å². The largest absolute Gasteiger partial charge is 0.390 e. The van der Waals surface area contributed by atoms with Crippen molar-refractivity contribution in [3.8, 4) is 0 Å². The molecule has 1 aromatic carbocycles. The molecule has 2 rings (SSSR count). The van der Waals surface area contributed by atoms with Crippen LogP contribution in [0.25, 0.3) is 0 Å². The zero-order valence-electron chi connectivity index (χ0n) is 10.8. The van der Waals surface area contributed by atoms with E-state index >= 15 is 0 Å². The number of hydrogen-bond donors (Lipinski definition) is 2. The van der Waals surface area contributed by atoms with E-state index in [0.29, 0.717) is 17.7 Å². The van der Waals surface area contributed by atoms with E-state index in [4.69, 9.17) is 0 Å². The molecule has 0 unspecified atom stereocenters. The lowest BCUT2D eigenvalue weighted by Crippen LogP contribution is -2.20. The predicted octanol–water partition coefficient (Wildman–Crippen LogP) is 2.84. The lowest BCUT2D eigenvalue weighted by molar-refractivity contribution is -0.383. The van der Waals surface area contributed by atoms with Gasteiger partial charge in [0.25, 0.3) is 5.69 Å². The summed E-state index contributed by atoms with van der Waals surface area (Å²) in [6.07, 6.45) is -4.78. The van der Waals surface area contributed by atoms with Crippen LogP contribution in [0.15, 0.2) is 12.1 Å². The third-order valence-corrected chi connectivity index (χ3v) is 3.04. The van der Waals surface area contributed by atoms with Crippen molar-refractivity contribution in [3.63, 3.8) is 0 Å². The molecular weight excluding hydrogens is 291 g/mol. The zero-order valence-corrected chi connectivity index (χ0v) is 10.8. The summed E-state index contributed by atoms with van der Waals surface area (Å²) < 4.78 is 36.3. The molecule has 1 heterocycles. The van der Waals surface area contributed by atoms with Gasteiger partial charge in [0, 0.05) is 19.0 Å². The summed E-state index contributed by atoms with van der Waals surface area (Å²) in [5.41, 5.74) is 0.659. The number of nitrogens with zero attached hydrogens (tertiary/aromatic N) is 1. The van der Waals surface area contributed by atoms with Crippen LogP contribution in [0.3, 0.4) is 0 Å². The smallest absolute Gasteiger partial charge is 0.379 e. The van der Waals surface area contributed by atoms with Crippen molar-refractivity contribution < 1.29 is 22.9 Å². The zero-order chi connectivity index (χ0) is 15.6. The van der Waals surface area contributed by atoms with Crippen molar-refractivity contribution in [1.82, 2.24) is 0 Å². The maximum absolute atomic E-state index is 12.1. The van der Waals surface area contributed by atoms with Gasteiger partial charge in [0.05, 0.1) is 17.0 Å². The quantitative estimate of drug-likeness (QED) is 0.661. The second kappa shape index (κ2) is 5.58. The summed E-state index contributed by atoms with van der Waals surface area (Å²) in [6.45, 7) is -0.449. The number of carbonyl (C=O) groups is 1. The first-order chi connectivity index (χ1) is 9.76. The summed E-state index contributed by atoms with van der Waals surface area (Å²) in [5.74, 6) is -0.241. The number of amides is 1. The Bertz CT molecular complexity index is 587. The maximum atomic E-state index is 12.1. The minimum atomic E-state index is -4.33. The van der Waals surface area contributed by atoms with Crippen molar-refractivity contribution in [3.05, 3.63) is 27.8 Å². The highest BCUT2D eigenvalue weighted by atomic mass is 19.4. The van der Waals surface area contributed by atoms with Crippen molar-refractivity contribution in [1.29, 1.82) is 0 Å². The fourth-order valence-electron chi connectivity index (χ4n) is 2.05. The lowest BCUT2D eigenvalue weighted by atomic mass is 10.0. The predicted molar refractivity (Wildman–Crippen MR) is 69.2 cm³/mol. The minimum absolute atomic E-state index is 0.0270. The number of hydrogen-bond acceptors (Lipinski definition) is 4. The SMILES string of the molecule is O=C1CCc2cc(NCCC(F)(F)F)c([N+](=O)[O-])cc2N1. The lowest BCUT2D eigenvalue weighted by Gasteiger charge is -2.18. The first-order valence-corrected chi connectivity index (χ1v) is 6.18. The van der Waals surface area contributed by atoms with Gasteiger partial charge in [0.15, 0.2) is 0 Å². The first-order valence-electron chi connectivity index (χ1n) is 6.18. The maximum Gasteiger partial charge on any atom is 0.390 e. The van der Waals surface area contributed by atoms with Gasteiger partial charge >= 0.3 is 6.18 Å². The molecular formula is C12H12F3N3O3. The Kier molecular flexibility index (Phi) is 4.01. The van der Waals surface area contributed by atoms with E-state index in [-0.39, 0.29) is 23.7 Å².